The normalized spacial score (nSPS) is 11.5. The van der Waals surface area contributed by atoms with Gasteiger partial charge >= 0.3 is 0 Å². The number of hydrogen-bond acceptors (Lipinski definition) is 4. The number of hydrazone groups is 1. The molecule has 0 bridgehead atoms. The van der Waals surface area contributed by atoms with Gasteiger partial charge < -0.3 is 0 Å². The van der Waals surface area contributed by atoms with Crippen LogP contribution >= 0.6 is 23.2 Å². The summed E-state index contributed by atoms with van der Waals surface area (Å²) in [6.07, 6.45) is 1.48. The lowest BCUT2D eigenvalue weighted by Crippen LogP contribution is -2.39. The van der Waals surface area contributed by atoms with E-state index in [1.165, 1.54) is 36.5 Å². The van der Waals surface area contributed by atoms with E-state index >= 15 is 0 Å². The standard InChI is InChI=1S/C23H21Cl2N3O3S/c1-16-3-7-18(8-4-16)14-26-27-23(29)15-28(21-12-19(24)11-20(25)13-21)32(30,31)22-9-5-17(2)6-10-22/h3-14H,15H2,1-2H3,(H,27,29)/b26-14-. The van der Waals surface area contributed by atoms with Crippen molar-refractivity contribution in [2.75, 3.05) is 10.8 Å². The largest absolute Gasteiger partial charge is 0.271 e. The highest BCUT2D eigenvalue weighted by atomic mass is 35.5. The zero-order valence-corrected chi connectivity index (χ0v) is 19.7. The molecule has 1 N–H and O–H groups in total. The van der Waals surface area contributed by atoms with Gasteiger partial charge in [0, 0.05) is 10.0 Å². The van der Waals surface area contributed by atoms with Crippen LogP contribution in [-0.2, 0) is 14.8 Å². The number of carbonyl (C=O) groups excluding carboxylic acids is 1. The molecular weight excluding hydrogens is 469 g/mol. The molecule has 166 valence electrons. The van der Waals surface area contributed by atoms with Crippen LogP contribution in [0.5, 0.6) is 0 Å². The molecule has 3 aromatic carbocycles. The fraction of sp³-hybridized carbons (Fsp3) is 0.130. The van der Waals surface area contributed by atoms with Crippen LogP contribution in [0.2, 0.25) is 10.0 Å². The van der Waals surface area contributed by atoms with E-state index in [1.54, 1.807) is 12.1 Å². The molecule has 0 unspecified atom stereocenters. The summed E-state index contributed by atoms with van der Waals surface area (Å²) < 4.78 is 27.7. The zero-order valence-electron chi connectivity index (χ0n) is 17.4. The van der Waals surface area contributed by atoms with E-state index in [9.17, 15) is 13.2 Å². The topological polar surface area (TPSA) is 78.8 Å². The maximum absolute atomic E-state index is 13.4. The molecule has 6 nitrogen and oxygen atoms in total. The van der Waals surface area contributed by atoms with Crippen molar-refractivity contribution in [1.82, 2.24) is 5.43 Å². The molecule has 3 rings (SSSR count). The first kappa shape index (κ1) is 23.8. The van der Waals surface area contributed by atoms with Gasteiger partial charge in [-0.15, -0.1) is 0 Å². The summed E-state index contributed by atoms with van der Waals surface area (Å²) >= 11 is 12.2. The van der Waals surface area contributed by atoms with Gasteiger partial charge in [0.05, 0.1) is 16.8 Å². The van der Waals surface area contributed by atoms with E-state index in [1.807, 2.05) is 38.1 Å². The van der Waals surface area contributed by atoms with Crippen molar-refractivity contribution in [2.24, 2.45) is 5.10 Å². The molecule has 0 aromatic heterocycles. The number of benzene rings is 3. The molecule has 0 radical (unpaired) electrons. The van der Waals surface area contributed by atoms with Crippen molar-refractivity contribution in [3.63, 3.8) is 0 Å². The predicted octanol–water partition coefficient (Wildman–Crippen LogP) is 4.96. The quantitative estimate of drug-likeness (QED) is 0.376. The number of nitrogens with one attached hydrogen (secondary N) is 1. The maximum Gasteiger partial charge on any atom is 0.264 e. The molecular formula is C23H21Cl2N3O3S. The number of hydrogen-bond donors (Lipinski definition) is 1. The number of carbonyl (C=O) groups is 1. The fourth-order valence-corrected chi connectivity index (χ4v) is 4.75. The summed E-state index contributed by atoms with van der Waals surface area (Å²) in [5.41, 5.74) is 5.33. The molecule has 0 heterocycles. The van der Waals surface area contributed by atoms with Gasteiger partial charge in [-0.2, -0.15) is 5.10 Å². The van der Waals surface area contributed by atoms with Crippen LogP contribution in [0, 0.1) is 13.8 Å². The first-order valence-corrected chi connectivity index (χ1v) is 11.8. The average molecular weight is 490 g/mol. The molecule has 3 aromatic rings. The van der Waals surface area contributed by atoms with E-state index in [0.717, 1.165) is 21.0 Å². The Bertz CT molecular complexity index is 1220. The van der Waals surface area contributed by atoms with Crippen molar-refractivity contribution < 1.29 is 13.2 Å². The highest BCUT2D eigenvalue weighted by Gasteiger charge is 2.27. The average Bonchev–Trinajstić information content (AvgIpc) is 2.73. The highest BCUT2D eigenvalue weighted by molar-refractivity contribution is 7.92. The third-order valence-electron chi connectivity index (χ3n) is 4.51. The van der Waals surface area contributed by atoms with Crippen LogP contribution in [-0.4, -0.2) is 27.1 Å². The molecule has 0 atom stereocenters. The number of anilines is 1. The number of amides is 1. The first-order chi connectivity index (χ1) is 15.1. The summed E-state index contributed by atoms with van der Waals surface area (Å²) in [7, 11) is -4.08. The Balaban J connectivity index is 1.87. The molecule has 0 aliphatic carbocycles. The van der Waals surface area contributed by atoms with Crippen LogP contribution < -0.4 is 9.73 Å². The third-order valence-corrected chi connectivity index (χ3v) is 6.74. The molecule has 0 saturated carbocycles. The predicted molar refractivity (Wildman–Crippen MR) is 129 cm³/mol. The van der Waals surface area contributed by atoms with E-state index in [-0.39, 0.29) is 20.6 Å². The number of sulfonamides is 1. The summed E-state index contributed by atoms with van der Waals surface area (Å²) in [4.78, 5) is 12.6. The van der Waals surface area contributed by atoms with Crippen molar-refractivity contribution in [3.05, 3.63) is 93.5 Å². The Kier molecular flexibility index (Phi) is 7.56. The molecule has 0 saturated heterocycles. The van der Waals surface area contributed by atoms with Gasteiger partial charge in [-0.3, -0.25) is 9.10 Å². The lowest BCUT2D eigenvalue weighted by molar-refractivity contribution is -0.119. The van der Waals surface area contributed by atoms with E-state index < -0.39 is 22.5 Å². The molecule has 0 spiro atoms. The number of halogens is 2. The smallest absolute Gasteiger partial charge is 0.264 e. The second kappa shape index (κ2) is 10.2. The van der Waals surface area contributed by atoms with Gasteiger partial charge in [0.25, 0.3) is 15.9 Å². The number of aryl methyl sites for hydroxylation is 2. The number of rotatable bonds is 7. The second-order valence-electron chi connectivity index (χ2n) is 7.16. The van der Waals surface area contributed by atoms with Crippen LogP contribution in [0.1, 0.15) is 16.7 Å². The second-order valence-corrected chi connectivity index (χ2v) is 9.89. The van der Waals surface area contributed by atoms with Crippen molar-refractivity contribution in [2.45, 2.75) is 18.7 Å². The van der Waals surface area contributed by atoms with Gasteiger partial charge in [0.1, 0.15) is 6.54 Å². The minimum atomic E-state index is -4.08. The monoisotopic (exact) mass is 489 g/mol. The Labute approximate surface area is 197 Å². The summed E-state index contributed by atoms with van der Waals surface area (Å²) in [6.45, 7) is 3.30. The minimum Gasteiger partial charge on any atom is -0.271 e. The Morgan fingerprint density at radius 1 is 0.938 bits per heavy atom. The van der Waals surface area contributed by atoms with Crippen LogP contribution in [0.4, 0.5) is 5.69 Å². The summed E-state index contributed by atoms with van der Waals surface area (Å²) in [5.74, 6) is -0.625. The fourth-order valence-electron chi connectivity index (χ4n) is 2.83. The lowest BCUT2D eigenvalue weighted by Gasteiger charge is -2.24. The van der Waals surface area contributed by atoms with E-state index in [4.69, 9.17) is 23.2 Å². The van der Waals surface area contributed by atoms with Crippen molar-refractivity contribution in [3.8, 4) is 0 Å². The molecule has 1 amide bonds. The highest BCUT2D eigenvalue weighted by Crippen LogP contribution is 2.29. The molecule has 0 fully saturated rings. The number of nitrogens with zero attached hydrogens (tertiary/aromatic N) is 2. The zero-order chi connectivity index (χ0) is 23.3. The molecule has 0 aliphatic heterocycles. The molecule has 32 heavy (non-hydrogen) atoms. The molecule has 0 aliphatic rings. The SMILES string of the molecule is Cc1ccc(/C=N\NC(=O)CN(c2cc(Cl)cc(Cl)c2)S(=O)(=O)c2ccc(C)cc2)cc1. The van der Waals surface area contributed by atoms with Gasteiger partial charge in [-0.05, 0) is 49.7 Å². The van der Waals surface area contributed by atoms with Crippen molar-refractivity contribution >= 4 is 51.0 Å². The van der Waals surface area contributed by atoms with E-state index in [0.29, 0.717) is 0 Å². The van der Waals surface area contributed by atoms with Crippen LogP contribution in [0.15, 0.2) is 76.7 Å². The van der Waals surface area contributed by atoms with Gasteiger partial charge in [0.15, 0.2) is 0 Å². The Morgan fingerprint density at radius 2 is 1.47 bits per heavy atom. The Morgan fingerprint density at radius 3 is 2.03 bits per heavy atom. The maximum atomic E-state index is 13.4. The summed E-state index contributed by atoms with van der Waals surface area (Å²) in [6, 6.07) is 18.2. The van der Waals surface area contributed by atoms with Gasteiger partial charge in [0.2, 0.25) is 0 Å². The lowest BCUT2D eigenvalue weighted by atomic mass is 10.2. The van der Waals surface area contributed by atoms with Crippen molar-refractivity contribution in [1.29, 1.82) is 0 Å². The Hall–Kier alpha value is -2.87. The minimum absolute atomic E-state index is 0.0372. The first-order valence-electron chi connectivity index (χ1n) is 9.59. The van der Waals surface area contributed by atoms with Gasteiger partial charge in [-0.1, -0.05) is 70.7 Å². The van der Waals surface area contributed by atoms with Gasteiger partial charge in [-0.25, -0.2) is 13.8 Å². The van der Waals surface area contributed by atoms with Crippen LogP contribution in [0.3, 0.4) is 0 Å². The van der Waals surface area contributed by atoms with Crippen LogP contribution in [0.25, 0.3) is 0 Å². The summed E-state index contributed by atoms with van der Waals surface area (Å²) in [5, 5.41) is 4.41. The third kappa shape index (κ3) is 6.09. The van der Waals surface area contributed by atoms with E-state index in [2.05, 4.69) is 10.5 Å². The molecule has 9 heteroatoms.